The Labute approximate surface area is 151 Å². The lowest BCUT2D eigenvalue weighted by Gasteiger charge is -2.05. The third-order valence-corrected chi connectivity index (χ3v) is 4.08. The van der Waals surface area contributed by atoms with E-state index in [0.717, 1.165) is 11.8 Å². The lowest BCUT2D eigenvalue weighted by Crippen LogP contribution is -2.23. The molecule has 0 amide bonds. The van der Waals surface area contributed by atoms with E-state index < -0.39 is 11.8 Å². The molecule has 0 aliphatic rings. The van der Waals surface area contributed by atoms with Crippen LogP contribution in [0.15, 0.2) is 63.1 Å². The number of halogens is 1. The number of nitriles is 1. The highest BCUT2D eigenvalue weighted by Gasteiger charge is 2.12. The molecule has 0 saturated heterocycles. The van der Waals surface area contributed by atoms with Crippen LogP contribution in [0.1, 0.15) is 11.1 Å². The third kappa shape index (κ3) is 4.15. The van der Waals surface area contributed by atoms with E-state index in [9.17, 15) is 14.3 Å². The van der Waals surface area contributed by atoms with Crippen LogP contribution in [0.3, 0.4) is 0 Å². The zero-order valence-corrected chi connectivity index (χ0v) is 13.9. The lowest BCUT2D eigenvalue weighted by molar-refractivity contribution is -0.298. The summed E-state index contributed by atoms with van der Waals surface area (Å²) in [6.45, 7) is 0. The number of thioether (sulfide) groups is 1. The van der Waals surface area contributed by atoms with Gasteiger partial charge in [0.1, 0.15) is 5.82 Å². The molecule has 3 rings (SSSR count). The maximum absolute atomic E-state index is 13.0. The average molecular weight is 366 g/mol. The summed E-state index contributed by atoms with van der Waals surface area (Å²) in [7, 11) is 0. The van der Waals surface area contributed by atoms with Crippen LogP contribution < -0.4 is 5.11 Å². The number of aliphatic carboxylic acids is 1. The minimum absolute atomic E-state index is 0.00780. The van der Waals surface area contributed by atoms with Gasteiger partial charge in [-0.3, -0.25) is 0 Å². The molecule has 0 unspecified atom stereocenters. The zero-order valence-electron chi connectivity index (χ0n) is 13.0. The monoisotopic (exact) mass is 366 g/mol. The minimum atomic E-state index is -1.40. The Bertz CT molecular complexity index is 1010. The first-order chi connectivity index (χ1) is 12.5. The van der Waals surface area contributed by atoms with Crippen LogP contribution in [-0.4, -0.2) is 16.2 Å². The maximum Gasteiger partial charge on any atom is 0.281 e. The van der Waals surface area contributed by atoms with Gasteiger partial charge in [-0.25, -0.2) is 4.39 Å². The third-order valence-electron chi connectivity index (χ3n) is 3.23. The summed E-state index contributed by atoms with van der Waals surface area (Å²) >= 11 is 0.740. The van der Waals surface area contributed by atoms with Crippen LogP contribution >= 0.6 is 11.8 Å². The minimum Gasteiger partial charge on any atom is -0.544 e. The number of rotatable bonds is 5. The van der Waals surface area contributed by atoms with Crippen molar-refractivity contribution in [3.8, 4) is 17.5 Å². The van der Waals surface area contributed by atoms with Gasteiger partial charge in [-0.15, -0.1) is 10.2 Å². The number of hydrogen-bond acceptors (Lipinski definition) is 7. The molecule has 0 spiro atoms. The molecule has 0 N–H and O–H groups in total. The van der Waals surface area contributed by atoms with Crippen molar-refractivity contribution >= 4 is 23.8 Å². The van der Waals surface area contributed by atoms with Crippen LogP contribution in [0.2, 0.25) is 0 Å². The number of carbonyl (C=O) groups is 1. The number of carboxylic acid groups (broad SMARTS) is 1. The molecule has 0 aliphatic carbocycles. The molecule has 128 valence electrons. The second kappa shape index (κ2) is 7.63. The van der Waals surface area contributed by atoms with E-state index in [1.807, 2.05) is 6.07 Å². The van der Waals surface area contributed by atoms with Gasteiger partial charge >= 0.3 is 0 Å². The molecule has 0 aliphatic heterocycles. The van der Waals surface area contributed by atoms with Gasteiger partial charge in [0.05, 0.1) is 17.6 Å². The van der Waals surface area contributed by atoms with Gasteiger partial charge in [-0.2, -0.15) is 5.26 Å². The summed E-state index contributed by atoms with van der Waals surface area (Å²) in [5.41, 5.74) is 1.55. The van der Waals surface area contributed by atoms with Crippen LogP contribution in [-0.2, 0) is 4.79 Å². The maximum atomic E-state index is 13.0. The fourth-order valence-electron chi connectivity index (χ4n) is 1.99. The lowest BCUT2D eigenvalue weighted by atomic mass is 10.1. The van der Waals surface area contributed by atoms with Crippen LogP contribution in [0.4, 0.5) is 4.39 Å². The number of nitrogens with zero attached hydrogens (tertiary/aromatic N) is 3. The smallest absolute Gasteiger partial charge is 0.281 e. The summed E-state index contributed by atoms with van der Waals surface area (Å²) in [5, 5.41) is 27.8. The molecule has 3 aromatic rings. The van der Waals surface area contributed by atoms with Gasteiger partial charge in [-0.05, 0) is 59.8 Å². The first kappa shape index (κ1) is 17.4. The Hall–Kier alpha value is -3.44. The standard InChI is InChI=1S/C18H10FN3O3S/c19-14-7-5-13(6-8-14)16-21-22-18(25-16)26-15(17(23)24)9-11-1-3-12(10-20)4-2-11/h1-9H,(H,23,24)/p-1/b15-9+. The molecule has 1 aromatic heterocycles. The Balaban J connectivity index is 1.82. The summed E-state index contributed by atoms with van der Waals surface area (Å²) in [4.78, 5) is 11.2. The van der Waals surface area contributed by atoms with Crippen molar-refractivity contribution in [3.05, 3.63) is 70.4 Å². The van der Waals surface area contributed by atoms with Gasteiger partial charge in [0.2, 0.25) is 5.89 Å². The van der Waals surface area contributed by atoms with E-state index in [2.05, 4.69) is 10.2 Å². The normalized spacial score (nSPS) is 11.2. The highest BCUT2D eigenvalue weighted by molar-refractivity contribution is 8.03. The molecule has 8 heteroatoms. The van der Waals surface area contributed by atoms with Gasteiger partial charge in [0.25, 0.3) is 5.22 Å². The SMILES string of the molecule is N#Cc1ccc(/C=C(/Sc2nnc(-c3ccc(F)cc3)o2)C(=O)[O-])cc1. The van der Waals surface area contributed by atoms with Crippen molar-refractivity contribution in [1.29, 1.82) is 5.26 Å². The van der Waals surface area contributed by atoms with E-state index >= 15 is 0 Å². The van der Waals surface area contributed by atoms with E-state index in [0.29, 0.717) is 16.7 Å². The van der Waals surface area contributed by atoms with Crippen molar-refractivity contribution in [3.63, 3.8) is 0 Å². The van der Waals surface area contributed by atoms with Crippen LogP contribution in [0, 0.1) is 17.1 Å². The quantitative estimate of drug-likeness (QED) is 0.505. The van der Waals surface area contributed by atoms with Crippen molar-refractivity contribution < 1.29 is 18.7 Å². The molecule has 0 atom stereocenters. The number of benzene rings is 2. The summed E-state index contributed by atoms with van der Waals surface area (Å²) in [6.07, 6.45) is 1.38. The van der Waals surface area contributed by atoms with Crippen molar-refractivity contribution in [2.45, 2.75) is 5.22 Å². The number of hydrogen-bond donors (Lipinski definition) is 0. The molecule has 1 heterocycles. The fourth-order valence-corrected chi connectivity index (χ4v) is 2.66. The molecule has 2 aromatic carbocycles. The highest BCUT2D eigenvalue weighted by atomic mass is 32.2. The second-order valence-electron chi connectivity index (χ2n) is 5.01. The summed E-state index contributed by atoms with van der Waals surface area (Å²) < 4.78 is 18.4. The second-order valence-corrected chi connectivity index (χ2v) is 6.01. The van der Waals surface area contributed by atoms with Crippen molar-refractivity contribution in [2.24, 2.45) is 0 Å². The Morgan fingerprint density at radius 2 is 1.85 bits per heavy atom. The average Bonchev–Trinajstić information content (AvgIpc) is 3.11. The van der Waals surface area contributed by atoms with E-state index in [1.165, 1.54) is 30.3 Å². The Morgan fingerprint density at radius 1 is 1.15 bits per heavy atom. The van der Waals surface area contributed by atoms with Crippen LogP contribution in [0.25, 0.3) is 17.5 Å². The van der Waals surface area contributed by atoms with Gasteiger partial charge in [-0.1, -0.05) is 12.1 Å². The number of aromatic nitrogens is 2. The van der Waals surface area contributed by atoms with Gasteiger partial charge < -0.3 is 14.3 Å². The van der Waals surface area contributed by atoms with Crippen LogP contribution in [0.5, 0.6) is 0 Å². The molecule has 0 fully saturated rings. The fraction of sp³-hybridized carbons (Fsp3) is 0. The molecule has 0 radical (unpaired) electrons. The van der Waals surface area contributed by atoms with Crippen molar-refractivity contribution in [1.82, 2.24) is 10.2 Å². The number of carboxylic acids is 1. The predicted octanol–water partition coefficient (Wildman–Crippen LogP) is 2.63. The Kier molecular flexibility index (Phi) is 5.10. The largest absolute Gasteiger partial charge is 0.544 e. The topological polar surface area (TPSA) is 103 Å². The summed E-state index contributed by atoms with van der Waals surface area (Å²) in [5.74, 6) is -1.66. The predicted molar refractivity (Wildman–Crippen MR) is 89.7 cm³/mol. The first-order valence-electron chi connectivity index (χ1n) is 7.25. The molecular weight excluding hydrogens is 357 g/mol. The highest BCUT2D eigenvalue weighted by Crippen LogP contribution is 2.29. The van der Waals surface area contributed by atoms with Gasteiger partial charge in [0.15, 0.2) is 0 Å². The molecule has 0 saturated carbocycles. The molecular formula is C18H9FN3O3S-. The Morgan fingerprint density at radius 3 is 2.46 bits per heavy atom. The molecule has 0 bridgehead atoms. The van der Waals surface area contributed by atoms with E-state index in [-0.39, 0.29) is 16.0 Å². The zero-order chi connectivity index (χ0) is 18.5. The first-order valence-corrected chi connectivity index (χ1v) is 8.07. The van der Waals surface area contributed by atoms with Gasteiger partial charge in [0, 0.05) is 10.5 Å². The summed E-state index contributed by atoms with van der Waals surface area (Å²) in [6, 6.07) is 13.8. The molecule has 6 nitrogen and oxygen atoms in total. The molecule has 26 heavy (non-hydrogen) atoms. The van der Waals surface area contributed by atoms with E-state index in [4.69, 9.17) is 9.68 Å². The number of carbonyl (C=O) groups excluding carboxylic acids is 1. The van der Waals surface area contributed by atoms with Crippen molar-refractivity contribution in [2.75, 3.05) is 0 Å². The van der Waals surface area contributed by atoms with E-state index in [1.54, 1.807) is 24.3 Å².